The van der Waals surface area contributed by atoms with Gasteiger partial charge in [-0.05, 0) is 30.5 Å². The first kappa shape index (κ1) is 15.1. The minimum absolute atomic E-state index is 0.210. The zero-order valence-corrected chi connectivity index (χ0v) is 12.3. The van der Waals surface area contributed by atoms with Crippen LogP contribution in [-0.4, -0.2) is 36.3 Å². The van der Waals surface area contributed by atoms with Crippen LogP contribution in [0.3, 0.4) is 0 Å². The van der Waals surface area contributed by atoms with Crippen LogP contribution in [-0.2, 0) is 6.54 Å². The maximum atomic E-state index is 9.30. The van der Waals surface area contributed by atoms with Crippen LogP contribution in [0.4, 0.5) is 5.69 Å². The molecule has 0 spiro atoms. The summed E-state index contributed by atoms with van der Waals surface area (Å²) in [4.78, 5) is 2.39. The van der Waals surface area contributed by atoms with Crippen molar-refractivity contribution in [3.63, 3.8) is 0 Å². The lowest BCUT2D eigenvalue weighted by Crippen LogP contribution is -2.38. The largest absolute Gasteiger partial charge is 0.495 e. The molecular weight excluding hydrogens is 252 g/mol. The maximum Gasteiger partial charge on any atom is 0.141 e. The number of hydrogen-bond donors (Lipinski definition) is 2. The van der Waals surface area contributed by atoms with E-state index in [1.807, 2.05) is 12.1 Å². The molecule has 1 fully saturated rings. The second-order valence-electron chi connectivity index (χ2n) is 5.56. The first-order valence-electron chi connectivity index (χ1n) is 7.52. The van der Waals surface area contributed by atoms with Gasteiger partial charge in [0.2, 0.25) is 0 Å². The number of ether oxygens (including phenoxy) is 1. The Morgan fingerprint density at radius 2 is 2.05 bits per heavy atom. The lowest BCUT2D eigenvalue weighted by molar-refractivity contribution is 0.117. The highest BCUT2D eigenvalue weighted by molar-refractivity contribution is 5.54. The van der Waals surface area contributed by atoms with E-state index in [-0.39, 0.29) is 6.61 Å². The van der Waals surface area contributed by atoms with Gasteiger partial charge in [-0.1, -0.05) is 25.3 Å². The molecule has 1 aliphatic carbocycles. The van der Waals surface area contributed by atoms with Crippen LogP contribution in [0.5, 0.6) is 5.75 Å². The molecule has 4 nitrogen and oxygen atoms in total. The van der Waals surface area contributed by atoms with E-state index >= 15 is 0 Å². The van der Waals surface area contributed by atoms with Crippen LogP contribution < -0.4 is 10.5 Å². The molecule has 1 aliphatic rings. The number of nitrogens with two attached hydrogens (primary N) is 1. The van der Waals surface area contributed by atoms with Crippen molar-refractivity contribution in [2.24, 2.45) is 0 Å². The first-order chi connectivity index (χ1) is 9.74. The van der Waals surface area contributed by atoms with Crippen molar-refractivity contribution in [3.05, 3.63) is 23.8 Å². The third kappa shape index (κ3) is 3.87. The highest BCUT2D eigenvalue weighted by Gasteiger charge is 2.20. The molecule has 1 aromatic carbocycles. The zero-order valence-electron chi connectivity index (χ0n) is 12.3. The summed E-state index contributed by atoms with van der Waals surface area (Å²) in [5.41, 5.74) is 7.83. The van der Waals surface area contributed by atoms with E-state index in [9.17, 15) is 5.11 Å². The second kappa shape index (κ2) is 7.50. The monoisotopic (exact) mass is 278 g/mol. The number of aliphatic hydroxyl groups is 1. The van der Waals surface area contributed by atoms with Crippen LogP contribution in [0.15, 0.2) is 18.2 Å². The second-order valence-corrected chi connectivity index (χ2v) is 5.56. The minimum atomic E-state index is 0.210. The Kier molecular flexibility index (Phi) is 5.68. The molecule has 0 unspecified atom stereocenters. The molecule has 3 N–H and O–H groups in total. The number of aliphatic hydroxyl groups excluding tert-OH is 1. The van der Waals surface area contributed by atoms with Crippen LogP contribution in [0.2, 0.25) is 0 Å². The number of nitrogens with zero attached hydrogens (tertiary/aromatic N) is 1. The van der Waals surface area contributed by atoms with Gasteiger partial charge >= 0.3 is 0 Å². The van der Waals surface area contributed by atoms with E-state index in [2.05, 4.69) is 11.0 Å². The molecule has 4 heteroatoms. The third-order valence-electron chi connectivity index (χ3n) is 4.16. The van der Waals surface area contributed by atoms with Crippen LogP contribution >= 0.6 is 0 Å². The summed E-state index contributed by atoms with van der Waals surface area (Å²) < 4.78 is 5.19. The van der Waals surface area contributed by atoms with Gasteiger partial charge in [-0.25, -0.2) is 0 Å². The molecule has 2 rings (SSSR count). The van der Waals surface area contributed by atoms with Crippen molar-refractivity contribution in [1.82, 2.24) is 4.90 Å². The summed E-state index contributed by atoms with van der Waals surface area (Å²) in [6, 6.07) is 6.55. The van der Waals surface area contributed by atoms with Gasteiger partial charge in [0.1, 0.15) is 5.75 Å². The van der Waals surface area contributed by atoms with Crippen LogP contribution in [0.25, 0.3) is 0 Å². The van der Waals surface area contributed by atoms with E-state index in [0.29, 0.717) is 11.7 Å². The zero-order chi connectivity index (χ0) is 14.4. The highest BCUT2D eigenvalue weighted by Crippen LogP contribution is 2.26. The number of methoxy groups -OCH3 is 1. The van der Waals surface area contributed by atoms with Gasteiger partial charge in [0.25, 0.3) is 0 Å². The molecule has 0 aliphatic heterocycles. The molecule has 20 heavy (non-hydrogen) atoms. The molecular formula is C16H26N2O2. The summed E-state index contributed by atoms with van der Waals surface area (Å²) in [6.45, 7) is 1.79. The van der Waals surface area contributed by atoms with Gasteiger partial charge in [0.15, 0.2) is 0 Å². The molecule has 0 heterocycles. The standard InChI is InChI=1S/C16H26N2O2/c1-20-16-8-7-13(11-15(16)17)12-18(9-10-19)14-5-3-2-4-6-14/h7-8,11,14,19H,2-6,9-10,12,17H2,1H3. The summed E-state index contributed by atoms with van der Waals surface area (Å²) >= 11 is 0. The van der Waals surface area contributed by atoms with Crippen molar-refractivity contribution >= 4 is 5.69 Å². The van der Waals surface area contributed by atoms with E-state index in [1.165, 1.54) is 37.7 Å². The van der Waals surface area contributed by atoms with Crippen LogP contribution in [0.1, 0.15) is 37.7 Å². The van der Waals surface area contributed by atoms with E-state index in [0.717, 1.165) is 18.8 Å². The van der Waals surface area contributed by atoms with E-state index in [1.54, 1.807) is 7.11 Å². The molecule has 112 valence electrons. The molecule has 0 atom stereocenters. The van der Waals surface area contributed by atoms with Crippen LogP contribution in [0, 0.1) is 0 Å². The van der Waals surface area contributed by atoms with Crippen molar-refractivity contribution in [1.29, 1.82) is 0 Å². The Morgan fingerprint density at radius 3 is 2.65 bits per heavy atom. The summed E-state index contributed by atoms with van der Waals surface area (Å²) in [6.07, 6.45) is 6.44. The van der Waals surface area contributed by atoms with Gasteiger partial charge in [0, 0.05) is 19.1 Å². The smallest absolute Gasteiger partial charge is 0.141 e. The van der Waals surface area contributed by atoms with Crippen molar-refractivity contribution in [2.75, 3.05) is 26.0 Å². The predicted octanol–water partition coefficient (Wildman–Crippen LogP) is 2.40. The van der Waals surface area contributed by atoms with Gasteiger partial charge < -0.3 is 15.6 Å². The first-order valence-corrected chi connectivity index (χ1v) is 7.52. The Morgan fingerprint density at radius 1 is 1.30 bits per heavy atom. The Labute approximate surface area is 121 Å². The number of rotatable bonds is 6. The average Bonchev–Trinajstić information content (AvgIpc) is 2.48. The molecule has 1 aromatic rings. The molecule has 0 saturated heterocycles. The topological polar surface area (TPSA) is 58.7 Å². The fourth-order valence-corrected chi connectivity index (χ4v) is 3.08. The lowest BCUT2D eigenvalue weighted by atomic mass is 9.94. The number of benzene rings is 1. The van der Waals surface area contributed by atoms with Crippen molar-refractivity contribution in [2.45, 2.75) is 44.7 Å². The molecule has 1 saturated carbocycles. The quantitative estimate of drug-likeness (QED) is 0.785. The number of nitrogen functional groups attached to an aromatic ring is 1. The van der Waals surface area contributed by atoms with Crippen molar-refractivity contribution < 1.29 is 9.84 Å². The van der Waals surface area contributed by atoms with Gasteiger partial charge in [-0.2, -0.15) is 0 Å². The minimum Gasteiger partial charge on any atom is -0.495 e. The number of hydrogen-bond acceptors (Lipinski definition) is 4. The molecule has 0 amide bonds. The SMILES string of the molecule is COc1ccc(CN(CCO)C2CCCCC2)cc1N. The predicted molar refractivity (Wildman–Crippen MR) is 81.8 cm³/mol. The molecule has 0 bridgehead atoms. The maximum absolute atomic E-state index is 9.30. The van der Waals surface area contributed by atoms with Gasteiger partial charge in [-0.15, -0.1) is 0 Å². The summed E-state index contributed by atoms with van der Waals surface area (Å²) in [5.74, 6) is 0.722. The highest BCUT2D eigenvalue weighted by atomic mass is 16.5. The van der Waals surface area contributed by atoms with Gasteiger partial charge in [0.05, 0.1) is 19.4 Å². The normalized spacial score (nSPS) is 16.6. The fourth-order valence-electron chi connectivity index (χ4n) is 3.08. The third-order valence-corrected chi connectivity index (χ3v) is 4.16. The number of anilines is 1. The Balaban J connectivity index is 2.04. The average molecular weight is 278 g/mol. The molecule has 0 aromatic heterocycles. The summed E-state index contributed by atoms with van der Waals surface area (Å²) in [5, 5.41) is 9.30. The van der Waals surface area contributed by atoms with Gasteiger partial charge in [-0.3, -0.25) is 4.90 Å². The fraction of sp³-hybridized carbons (Fsp3) is 0.625. The van der Waals surface area contributed by atoms with Crippen molar-refractivity contribution in [3.8, 4) is 5.75 Å². The van der Waals surface area contributed by atoms with E-state index < -0.39 is 0 Å². The Hall–Kier alpha value is -1.26. The summed E-state index contributed by atoms with van der Waals surface area (Å²) in [7, 11) is 1.63. The Bertz CT molecular complexity index is 417. The molecule has 0 radical (unpaired) electrons. The van der Waals surface area contributed by atoms with E-state index in [4.69, 9.17) is 10.5 Å². The lowest BCUT2D eigenvalue weighted by Gasteiger charge is -2.34.